The minimum atomic E-state index is -0.236. The van der Waals surface area contributed by atoms with Gasteiger partial charge in [0, 0.05) is 0 Å². The predicted molar refractivity (Wildman–Crippen MR) is 73.1 cm³/mol. The topological polar surface area (TPSA) is 44.9 Å². The number of benzene rings is 1. The number of rotatable bonds is 3. The highest BCUT2D eigenvalue weighted by Gasteiger charge is 2.14. The number of aromatic nitrogens is 1. The van der Waals surface area contributed by atoms with Crippen LogP contribution in [0.3, 0.4) is 0 Å². The van der Waals surface area contributed by atoms with Gasteiger partial charge in [0.25, 0.3) is 5.91 Å². The first-order chi connectivity index (χ1) is 8.58. The van der Waals surface area contributed by atoms with Crippen LogP contribution in [0, 0.1) is 0 Å². The van der Waals surface area contributed by atoms with Gasteiger partial charge in [-0.3, -0.25) is 4.79 Å². The molecule has 0 radical (unpaired) electrons. The van der Waals surface area contributed by atoms with Crippen LogP contribution in [0.25, 0.3) is 0 Å². The van der Waals surface area contributed by atoms with Crippen LogP contribution in [-0.4, -0.2) is 10.9 Å². The van der Waals surface area contributed by atoms with Gasteiger partial charge in [-0.15, -0.1) is 0 Å². The van der Waals surface area contributed by atoms with E-state index >= 15 is 0 Å². The maximum absolute atomic E-state index is 11.9. The molecule has 0 spiro atoms. The van der Waals surface area contributed by atoms with Gasteiger partial charge >= 0.3 is 0 Å². The van der Waals surface area contributed by atoms with Gasteiger partial charge in [-0.05, 0) is 18.6 Å². The Kier molecular flexibility index (Phi) is 3.94. The van der Waals surface area contributed by atoms with Crippen LogP contribution in [0.5, 0.6) is 0 Å². The molecule has 0 aliphatic carbocycles. The minimum Gasteiger partial charge on any atom is -0.344 e. The average Bonchev–Trinajstić information content (AvgIpc) is 2.71. The third-order valence-electron chi connectivity index (χ3n) is 2.62. The normalized spacial score (nSPS) is 12.2. The minimum absolute atomic E-state index is 0.0837. The summed E-state index contributed by atoms with van der Waals surface area (Å²) in [5.41, 5.74) is 1.39. The molecule has 0 fully saturated rings. The van der Waals surface area contributed by atoms with Gasteiger partial charge in [0.1, 0.15) is 10.8 Å². The van der Waals surface area contributed by atoms with Crippen molar-refractivity contribution < 1.29 is 4.79 Å². The number of amides is 1. The van der Waals surface area contributed by atoms with Crippen molar-refractivity contribution in [2.45, 2.75) is 13.0 Å². The van der Waals surface area contributed by atoms with E-state index in [1.807, 2.05) is 37.3 Å². The molecule has 0 aliphatic rings. The summed E-state index contributed by atoms with van der Waals surface area (Å²) in [7, 11) is 0. The summed E-state index contributed by atoms with van der Waals surface area (Å²) in [6.45, 7) is 1.92. The third-order valence-corrected chi connectivity index (χ3v) is 3.31. The SMILES string of the molecule is CC(NC(=O)c1cc(Cl)c(Cl)[nH]1)c1ccccc1. The number of halogens is 2. The van der Waals surface area contributed by atoms with Crippen molar-refractivity contribution in [2.24, 2.45) is 0 Å². The van der Waals surface area contributed by atoms with Gasteiger partial charge in [0.05, 0.1) is 11.1 Å². The number of carbonyl (C=O) groups is 1. The summed E-state index contributed by atoms with van der Waals surface area (Å²) in [5, 5.41) is 3.48. The fraction of sp³-hybridized carbons (Fsp3) is 0.154. The summed E-state index contributed by atoms with van der Waals surface area (Å²) < 4.78 is 0. The van der Waals surface area contributed by atoms with Crippen LogP contribution in [0.2, 0.25) is 10.2 Å². The molecule has 0 saturated heterocycles. The van der Waals surface area contributed by atoms with Crippen molar-refractivity contribution in [1.29, 1.82) is 0 Å². The molecule has 1 amide bonds. The van der Waals surface area contributed by atoms with Gasteiger partial charge in [-0.25, -0.2) is 0 Å². The molecule has 1 aromatic carbocycles. The van der Waals surface area contributed by atoms with E-state index in [1.165, 1.54) is 6.07 Å². The lowest BCUT2D eigenvalue weighted by Crippen LogP contribution is -2.26. The van der Waals surface area contributed by atoms with Crippen molar-refractivity contribution in [3.05, 3.63) is 57.8 Å². The number of nitrogens with one attached hydrogen (secondary N) is 2. The van der Waals surface area contributed by atoms with Crippen molar-refractivity contribution in [1.82, 2.24) is 10.3 Å². The quantitative estimate of drug-likeness (QED) is 0.883. The summed E-state index contributed by atoms with van der Waals surface area (Å²) >= 11 is 11.5. The molecule has 2 N–H and O–H groups in total. The number of H-pyrrole nitrogens is 1. The van der Waals surface area contributed by atoms with E-state index in [9.17, 15) is 4.79 Å². The Morgan fingerprint density at radius 2 is 1.94 bits per heavy atom. The van der Waals surface area contributed by atoms with Crippen LogP contribution >= 0.6 is 23.2 Å². The zero-order valence-corrected chi connectivity index (χ0v) is 11.2. The first-order valence-electron chi connectivity index (χ1n) is 5.47. The van der Waals surface area contributed by atoms with Crippen LogP contribution in [0.15, 0.2) is 36.4 Å². The molecule has 1 heterocycles. The largest absolute Gasteiger partial charge is 0.344 e. The molecule has 3 nitrogen and oxygen atoms in total. The van der Waals surface area contributed by atoms with E-state index in [1.54, 1.807) is 0 Å². The third kappa shape index (κ3) is 2.86. The maximum atomic E-state index is 11.9. The molecule has 0 aliphatic heterocycles. The van der Waals surface area contributed by atoms with E-state index in [-0.39, 0.29) is 17.1 Å². The zero-order valence-electron chi connectivity index (χ0n) is 9.71. The number of carbonyl (C=O) groups excluding carboxylic acids is 1. The first-order valence-corrected chi connectivity index (χ1v) is 6.23. The molecule has 94 valence electrons. The fourth-order valence-electron chi connectivity index (χ4n) is 1.63. The van der Waals surface area contributed by atoms with Gasteiger partial charge in [-0.1, -0.05) is 53.5 Å². The molecule has 2 rings (SSSR count). The van der Waals surface area contributed by atoms with Crippen LogP contribution in [0.1, 0.15) is 29.0 Å². The Balaban J connectivity index is 2.08. The number of hydrogen-bond acceptors (Lipinski definition) is 1. The molecule has 1 unspecified atom stereocenters. The highest BCUT2D eigenvalue weighted by atomic mass is 35.5. The average molecular weight is 283 g/mol. The van der Waals surface area contributed by atoms with Crippen LogP contribution in [0.4, 0.5) is 0 Å². The second-order valence-electron chi connectivity index (χ2n) is 3.95. The molecular weight excluding hydrogens is 271 g/mol. The Morgan fingerprint density at radius 1 is 1.28 bits per heavy atom. The van der Waals surface area contributed by atoms with E-state index in [4.69, 9.17) is 23.2 Å². The van der Waals surface area contributed by atoms with E-state index in [0.717, 1.165) is 5.56 Å². The molecule has 1 atom stereocenters. The standard InChI is InChI=1S/C13H12Cl2N2O/c1-8(9-5-3-2-4-6-9)16-13(18)11-7-10(14)12(15)17-11/h2-8,17H,1H3,(H,16,18). The Morgan fingerprint density at radius 3 is 2.50 bits per heavy atom. The second-order valence-corrected chi connectivity index (χ2v) is 4.74. The van der Waals surface area contributed by atoms with Gasteiger partial charge in [0.15, 0.2) is 0 Å². The van der Waals surface area contributed by atoms with E-state index in [2.05, 4.69) is 10.3 Å². The summed E-state index contributed by atoms with van der Waals surface area (Å²) in [5.74, 6) is -0.236. The highest BCUT2D eigenvalue weighted by Crippen LogP contribution is 2.22. The van der Waals surface area contributed by atoms with Gasteiger partial charge in [0.2, 0.25) is 0 Å². The van der Waals surface area contributed by atoms with Gasteiger partial charge in [-0.2, -0.15) is 0 Å². The molecule has 1 aromatic heterocycles. The van der Waals surface area contributed by atoms with Crippen molar-refractivity contribution in [3.8, 4) is 0 Å². The second kappa shape index (κ2) is 5.46. The Hall–Kier alpha value is -1.45. The van der Waals surface area contributed by atoms with Crippen molar-refractivity contribution >= 4 is 29.1 Å². The highest BCUT2D eigenvalue weighted by molar-refractivity contribution is 6.41. The monoisotopic (exact) mass is 282 g/mol. The van der Waals surface area contributed by atoms with Gasteiger partial charge < -0.3 is 10.3 Å². The smallest absolute Gasteiger partial charge is 0.268 e. The first kappa shape index (κ1) is 13.0. The molecule has 18 heavy (non-hydrogen) atoms. The molecule has 0 saturated carbocycles. The van der Waals surface area contributed by atoms with Crippen LogP contribution < -0.4 is 5.32 Å². The summed E-state index contributed by atoms with van der Waals surface area (Å²) in [4.78, 5) is 14.7. The Bertz CT molecular complexity index is 532. The maximum Gasteiger partial charge on any atom is 0.268 e. The van der Waals surface area contributed by atoms with Crippen molar-refractivity contribution in [2.75, 3.05) is 0 Å². The number of aromatic amines is 1. The summed E-state index contributed by atoms with van der Waals surface area (Å²) in [6, 6.07) is 11.1. The zero-order chi connectivity index (χ0) is 13.1. The lowest BCUT2D eigenvalue weighted by Gasteiger charge is -2.13. The molecular formula is C13H12Cl2N2O. The predicted octanol–water partition coefficient (Wildman–Crippen LogP) is 3.81. The molecule has 2 aromatic rings. The molecule has 0 bridgehead atoms. The lowest BCUT2D eigenvalue weighted by molar-refractivity contribution is 0.0935. The van der Waals surface area contributed by atoms with Crippen LogP contribution in [-0.2, 0) is 0 Å². The fourth-order valence-corrected chi connectivity index (χ4v) is 1.94. The Labute approximate surface area is 115 Å². The summed E-state index contributed by atoms with van der Waals surface area (Å²) in [6.07, 6.45) is 0. The van der Waals surface area contributed by atoms with E-state index in [0.29, 0.717) is 10.7 Å². The number of hydrogen-bond donors (Lipinski definition) is 2. The van der Waals surface area contributed by atoms with E-state index < -0.39 is 0 Å². The molecule has 5 heteroatoms. The van der Waals surface area contributed by atoms with Crippen molar-refractivity contribution in [3.63, 3.8) is 0 Å². The lowest BCUT2D eigenvalue weighted by atomic mass is 10.1.